The van der Waals surface area contributed by atoms with Crippen molar-refractivity contribution >= 4 is 11.6 Å². The van der Waals surface area contributed by atoms with Gasteiger partial charge in [0.1, 0.15) is 12.4 Å². The average molecular weight is 359 g/mol. The Balaban J connectivity index is 1.49. The van der Waals surface area contributed by atoms with Gasteiger partial charge in [-0.05, 0) is 49.7 Å². The molecule has 0 spiro atoms. The molecular weight excluding hydrogens is 332 g/mol. The van der Waals surface area contributed by atoms with Crippen LogP contribution in [0.3, 0.4) is 0 Å². The van der Waals surface area contributed by atoms with E-state index in [1.54, 1.807) is 0 Å². The molecule has 25 heavy (non-hydrogen) atoms. The predicted octanol–water partition coefficient (Wildman–Crippen LogP) is 4.49. The number of likely N-dealkylation sites (tertiary alicyclic amines) is 1. The molecule has 0 amide bonds. The second-order valence-electron chi connectivity index (χ2n) is 6.58. The fourth-order valence-electron chi connectivity index (χ4n) is 3.45. The van der Waals surface area contributed by atoms with Crippen molar-refractivity contribution in [2.24, 2.45) is 0 Å². The highest BCUT2D eigenvalue weighted by Gasteiger charge is 2.21. The van der Waals surface area contributed by atoms with Crippen molar-refractivity contribution in [3.05, 3.63) is 64.7 Å². The lowest BCUT2D eigenvalue weighted by molar-refractivity contribution is 0.260. The third kappa shape index (κ3) is 5.21. The Morgan fingerprint density at radius 3 is 2.92 bits per heavy atom. The molecule has 1 saturated heterocycles. The standard InChI is InChI=1S/C21H27ClN2O/c1-2-24-12-6-9-19(24)15-23-14-17-7-5-10-20(13-17)25-16-18-8-3-4-11-21(18)22/h3-5,7-8,10-11,13,19,23H,2,6,9,12,14-16H2,1H3. The van der Waals surface area contributed by atoms with Crippen LogP contribution in [0.15, 0.2) is 48.5 Å². The fraction of sp³-hybridized carbons (Fsp3) is 0.429. The minimum absolute atomic E-state index is 0.490. The van der Waals surface area contributed by atoms with Crippen LogP contribution in [0.1, 0.15) is 30.9 Å². The number of rotatable bonds is 8. The molecule has 2 aromatic carbocycles. The van der Waals surface area contributed by atoms with Crippen molar-refractivity contribution in [3.63, 3.8) is 0 Å². The molecule has 3 nitrogen and oxygen atoms in total. The van der Waals surface area contributed by atoms with Crippen LogP contribution < -0.4 is 10.1 Å². The number of benzene rings is 2. The number of nitrogens with one attached hydrogen (secondary N) is 1. The topological polar surface area (TPSA) is 24.5 Å². The zero-order chi connectivity index (χ0) is 17.5. The van der Waals surface area contributed by atoms with E-state index in [2.05, 4.69) is 29.3 Å². The van der Waals surface area contributed by atoms with Gasteiger partial charge in [0.2, 0.25) is 0 Å². The van der Waals surface area contributed by atoms with Crippen molar-refractivity contribution in [2.75, 3.05) is 19.6 Å². The Hall–Kier alpha value is -1.55. The predicted molar refractivity (Wildman–Crippen MR) is 104 cm³/mol. The summed E-state index contributed by atoms with van der Waals surface area (Å²) in [6, 6.07) is 16.8. The van der Waals surface area contributed by atoms with E-state index in [1.807, 2.05) is 36.4 Å². The first-order chi connectivity index (χ1) is 12.3. The van der Waals surface area contributed by atoms with Gasteiger partial charge >= 0.3 is 0 Å². The first kappa shape index (κ1) is 18.2. The van der Waals surface area contributed by atoms with E-state index in [4.69, 9.17) is 16.3 Å². The van der Waals surface area contributed by atoms with Gasteiger partial charge in [0, 0.05) is 29.7 Å². The molecule has 0 aliphatic carbocycles. The average Bonchev–Trinajstić information content (AvgIpc) is 3.09. The van der Waals surface area contributed by atoms with Gasteiger partial charge in [-0.15, -0.1) is 0 Å². The summed E-state index contributed by atoms with van der Waals surface area (Å²) in [6.45, 7) is 7.06. The van der Waals surface area contributed by atoms with Gasteiger partial charge in [0.25, 0.3) is 0 Å². The first-order valence-corrected chi connectivity index (χ1v) is 9.54. The quantitative estimate of drug-likeness (QED) is 0.752. The van der Waals surface area contributed by atoms with E-state index >= 15 is 0 Å². The highest BCUT2D eigenvalue weighted by molar-refractivity contribution is 6.31. The summed E-state index contributed by atoms with van der Waals surface area (Å²) < 4.78 is 5.91. The van der Waals surface area contributed by atoms with Crippen molar-refractivity contribution in [2.45, 2.75) is 39.0 Å². The molecular formula is C21H27ClN2O. The van der Waals surface area contributed by atoms with E-state index in [1.165, 1.54) is 24.9 Å². The maximum atomic E-state index is 6.18. The van der Waals surface area contributed by atoms with Gasteiger partial charge in [0.05, 0.1) is 0 Å². The Morgan fingerprint density at radius 1 is 1.20 bits per heavy atom. The van der Waals surface area contributed by atoms with Gasteiger partial charge in [-0.1, -0.05) is 48.9 Å². The van der Waals surface area contributed by atoms with Crippen molar-refractivity contribution in [1.82, 2.24) is 10.2 Å². The summed E-state index contributed by atoms with van der Waals surface area (Å²) in [5, 5.41) is 4.35. The highest BCUT2D eigenvalue weighted by Crippen LogP contribution is 2.20. The van der Waals surface area contributed by atoms with Crippen LogP contribution in [-0.4, -0.2) is 30.6 Å². The van der Waals surface area contributed by atoms with Gasteiger partial charge in [-0.2, -0.15) is 0 Å². The second kappa shape index (κ2) is 9.23. The Labute approximate surface area is 155 Å². The maximum absolute atomic E-state index is 6.18. The van der Waals surface area contributed by atoms with Crippen molar-refractivity contribution in [1.29, 1.82) is 0 Å². The van der Waals surface area contributed by atoms with Gasteiger partial charge in [-0.25, -0.2) is 0 Å². The monoisotopic (exact) mass is 358 g/mol. The lowest BCUT2D eigenvalue weighted by atomic mass is 10.2. The van der Waals surface area contributed by atoms with Gasteiger partial charge < -0.3 is 10.1 Å². The Kier molecular flexibility index (Phi) is 6.74. The Bertz CT molecular complexity index is 676. The van der Waals surface area contributed by atoms with Crippen LogP contribution in [0.2, 0.25) is 5.02 Å². The molecule has 1 fully saturated rings. The molecule has 1 heterocycles. The van der Waals surface area contributed by atoms with E-state index in [0.29, 0.717) is 12.6 Å². The number of nitrogens with zero attached hydrogens (tertiary/aromatic N) is 1. The summed E-state index contributed by atoms with van der Waals surface area (Å²) in [5.74, 6) is 0.885. The maximum Gasteiger partial charge on any atom is 0.120 e. The second-order valence-corrected chi connectivity index (χ2v) is 6.99. The van der Waals surface area contributed by atoms with Crippen LogP contribution in [0, 0.1) is 0 Å². The number of likely N-dealkylation sites (N-methyl/N-ethyl adjacent to an activating group) is 1. The molecule has 3 rings (SSSR count). The Morgan fingerprint density at radius 2 is 2.08 bits per heavy atom. The number of hydrogen-bond acceptors (Lipinski definition) is 3. The van der Waals surface area contributed by atoms with Crippen molar-refractivity contribution in [3.8, 4) is 5.75 Å². The first-order valence-electron chi connectivity index (χ1n) is 9.16. The van der Waals surface area contributed by atoms with E-state index in [-0.39, 0.29) is 0 Å². The molecule has 0 aromatic heterocycles. The summed E-state index contributed by atoms with van der Waals surface area (Å²) >= 11 is 6.18. The minimum atomic E-state index is 0.490. The summed E-state index contributed by atoms with van der Waals surface area (Å²) in [5.41, 5.74) is 2.26. The molecule has 4 heteroatoms. The molecule has 1 aliphatic heterocycles. The summed E-state index contributed by atoms with van der Waals surface area (Å²) in [7, 11) is 0. The molecule has 2 aromatic rings. The molecule has 1 N–H and O–H groups in total. The zero-order valence-electron chi connectivity index (χ0n) is 14.9. The molecule has 0 saturated carbocycles. The number of ether oxygens (including phenoxy) is 1. The zero-order valence-corrected chi connectivity index (χ0v) is 15.6. The van der Waals surface area contributed by atoms with E-state index in [9.17, 15) is 0 Å². The molecule has 0 bridgehead atoms. The lowest BCUT2D eigenvalue weighted by Gasteiger charge is -2.23. The van der Waals surface area contributed by atoms with Gasteiger partial charge in [0.15, 0.2) is 0 Å². The van der Waals surface area contributed by atoms with E-state index < -0.39 is 0 Å². The number of halogens is 1. The van der Waals surface area contributed by atoms with Crippen LogP contribution >= 0.6 is 11.6 Å². The van der Waals surface area contributed by atoms with Crippen LogP contribution in [0.5, 0.6) is 5.75 Å². The van der Waals surface area contributed by atoms with Crippen LogP contribution in [0.25, 0.3) is 0 Å². The van der Waals surface area contributed by atoms with Crippen LogP contribution in [-0.2, 0) is 13.2 Å². The number of hydrogen-bond donors (Lipinski definition) is 1. The van der Waals surface area contributed by atoms with Crippen molar-refractivity contribution < 1.29 is 4.74 Å². The molecule has 0 radical (unpaired) electrons. The summed E-state index contributed by atoms with van der Waals surface area (Å²) in [6.07, 6.45) is 2.63. The molecule has 1 unspecified atom stereocenters. The third-order valence-corrected chi connectivity index (χ3v) is 5.23. The van der Waals surface area contributed by atoms with E-state index in [0.717, 1.165) is 36.0 Å². The third-order valence-electron chi connectivity index (χ3n) is 4.86. The molecule has 1 aliphatic rings. The lowest BCUT2D eigenvalue weighted by Crippen LogP contribution is -2.37. The normalized spacial score (nSPS) is 17.8. The van der Waals surface area contributed by atoms with Crippen LogP contribution in [0.4, 0.5) is 0 Å². The van der Waals surface area contributed by atoms with Gasteiger partial charge in [-0.3, -0.25) is 4.90 Å². The smallest absolute Gasteiger partial charge is 0.120 e. The highest BCUT2D eigenvalue weighted by atomic mass is 35.5. The molecule has 134 valence electrons. The largest absolute Gasteiger partial charge is 0.489 e. The fourth-order valence-corrected chi connectivity index (χ4v) is 3.64. The minimum Gasteiger partial charge on any atom is -0.489 e. The summed E-state index contributed by atoms with van der Waals surface area (Å²) in [4.78, 5) is 2.57. The molecule has 1 atom stereocenters. The SMILES string of the molecule is CCN1CCCC1CNCc1cccc(OCc2ccccc2Cl)c1.